The first-order chi connectivity index (χ1) is 13.0. The van der Waals surface area contributed by atoms with Gasteiger partial charge in [-0.3, -0.25) is 0 Å². The summed E-state index contributed by atoms with van der Waals surface area (Å²) in [5, 5.41) is 7.09. The molecule has 2 aromatic carbocycles. The predicted octanol–water partition coefficient (Wildman–Crippen LogP) is 5.02. The Morgan fingerprint density at radius 3 is 2.48 bits per heavy atom. The average molecular weight is 383 g/mol. The number of benzene rings is 2. The number of rotatable bonds is 5. The highest BCUT2D eigenvalue weighted by Gasteiger charge is 2.08. The van der Waals surface area contributed by atoms with Crippen LogP contribution in [0, 0.1) is 13.8 Å². The third-order valence-electron chi connectivity index (χ3n) is 3.95. The van der Waals surface area contributed by atoms with Crippen LogP contribution < -0.4 is 10.6 Å². The molecule has 0 aliphatic carbocycles. The Labute approximate surface area is 162 Å². The van der Waals surface area contributed by atoms with Gasteiger partial charge in [-0.05, 0) is 55.8 Å². The van der Waals surface area contributed by atoms with E-state index in [-0.39, 0.29) is 5.97 Å². The Morgan fingerprint density at radius 2 is 1.78 bits per heavy atom. The molecule has 0 spiro atoms. The molecule has 6 nitrogen and oxygen atoms in total. The third-order valence-corrected chi connectivity index (χ3v) is 4.36. The van der Waals surface area contributed by atoms with Crippen molar-refractivity contribution in [1.29, 1.82) is 0 Å². The van der Waals surface area contributed by atoms with Crippen LogP contribution in [-0.2, 0) is 4.74 Å². The second-order valence-corrected chi connectivity index (χ2v) is 6.36. The lowest BCUT2D eigenvalue weighted by Crippen LogP contribution is -2.04. The summed E-state index contributed by atoms with van der Waals surface area (Å²) in [4.78, 5) is 20.4. The lowest BCUT2D eigenvalue weighted by Gasteiger charge is -2.12. The van der Waals surface area contributed by atoms with Gasteiger partial charge < -0.3 is 15.4 Å². The number of halogens is 1. The van der Waals surface area contributed by atoms with Gasteiger partial charge in [0.1, 0.15) is 5.82 Å². The van der Waals surface area contributed by atoms with Crippen LogP contribution in [0.1, 0.15) is 21.6 Å². The molecule has 1 heterocycles. The molecule has 3 rings (SSSR count). The van der Waals surface area contributed by atoms with Gasteiger partial charge >= 0.3 is 5.97 Å². The summed E-state index contributed by atoms with van der Waals surface area (Å²) in [6, 6.07) is 14.4. The quantitative estimate of drug-likeness (QED) is 0.603. The summed E-state index contributed by atoms with van der Waals surface area (Å²) >= 11 is 6.17. The molecule has 7 heteroatoms. The van der Waals surface area contributed by atoms with Crippen molar-refractivity contribution in [2.75, 3.05) is 17.7 Å². The summed E-state index contributed by atoms with van der Waals surface area (Å²) in [5.74, 6) is 0.729. The highest BCUT2D eigenvalue weighted by Crippen LogP contribution is 2.26. The zero-order valence-corrected chi connectivity index (χ0v) is 16.0. The van der Waals surface area contributed by atoms with Crippen LogP contribution in [0.5, 0.6) is 0 Å². The van der Waals surface area contributed by atoms with Gasteiger partial charge in [0.15, 0.2) is 0 Å². The van der Waals surface area contributed by atoms with Gasteiger partial charge in [0.05, 0.1) is 12.7 Å². The molecule has 0 radical (unpaired) electrons. The molecule has 0 saturated carbocycles. The number of carbonyl (C=O) groups is 1. The van der Waals surface area contributed by atoms with Crippen molar-refractivity contribution in [1.82, 2.24) is 9.97 Å². The zero-order valence-electron chi connectivity index (χ0n) is 15.2. The second-order valence-electron chi connectivity index (χ2n) is 5.95. The van der Waals surface area contributed by atoms with Crippen LogP contribution >= 0.6 is 11.6 Å². The highest BCUT2D eigenvalue weighted by molar-refractivity contribution is 6.31. The van der Waals surface area contributed by atoms with Gasteiger partial charge in [-0.15, -0.1) is 0 Å². The number of esters is 1. The maximum Gasteiger partial charge on any atom is 0.337 e. The van der Waals surface area contributed by atoms with Crippen molar-refractivity contribution >= 4 is 40.7 Å². The number of ether oxygens (including phenoxy) is 1. The van der Waals surface area contributed by atoms with Crippen molar-refractivity contribution < 1.29 is 9.53 Å². The van der Waals surface area contributed by atoms with Crippen molar-refractivity contribution in [3.63, 3.8) is 0 Å². The molecule has 0 atom stereocenters. The van der Waals surface area contributed by atoms with E-state index in [1.54, 1.807) is 24.3 Å². The third kappa shape index (κ3) is 4.54. The number of aromatic nitrogens is 2. The van der Waals surface area contributed by atoms with Gasteiger partial charge in [0.25, 0.3) is 0 Å². The van der Waals surface area contributed by atoms with Gasteiger partial charge in [0, 0.05) is 28.2 Å². The molecule has 3 aromatic rings. The molecule has 0 fully saturated rings. The second kappa shape index (κ2) is 8.05. The van der Waals surface area contributed by atoms with Crippen LogP contribution in [-0.4, -0.2) is 23.0 Å². The van der Waals surface area contributed by atoms with E-state index in [4.69, 9.17) is 16.3 Å². The van der Waals surface area contributed by atoms with E-state index in [2.05, 4.69) is 20.6 Å². The fraction of sp³-hybridized carbons (Fsp3) is 0.150. The molecule has 0 aliphatic rings. The van der Waals surface area contributed by atoms with E-state index < -0.39 is 0 Å². The topological polar surface area (TPSA) is 76.1 Å². The Hall–Kier alpha value is -3.12. The summed E-state index contributed by atoms with van der Waals surface area (Å²) in [5.41, 5.74) is 3.87. The summed E-state index contributed by atoms with van der Waals surface area (Å²) in [6.07, 6.45) is 0. The normalized spacial score (nSPS) is 10.4. The SMILES string of the molecule is COC(=O)c1ccc(Nc2cc(C)nc(Nc3cccc(Cl)c3C)n2)cc1. The number of hydrogen-bond donors (Lipinski definition) is 2. The van der Waals surface area contributed by atoms with Gasteiger partial charge in [-0.2, -0.15) is 4.98 Å². The number of aryl methyl sites for hydroxylation is 1. The Balaban J connectivity index is 1.81. The number of methoxy groups -OCH3 is 1. The zero-order chi connectivity index (χ0) is 19.4. The number of carbonyl (C=O) groups excluding carboxylic acids is 1. The molecule has 0 aliphatic heterocycles. The minimum atomic E-state index is -0.372. The van der Waals surface area contributed by atoms with E-state index in [1.165, 1.54) is 7.11 Å². The van der Waals surface area contributed by atoms with Crippen LogP contribution in [0.25, 0.3) is 0 Å². The van der Waals surface area contributed by atoms with Crippen molar-refractivity contribution in [3.05, 3.63) is 70.4 Å². The number of anilines is 4. The fourth-order valence-electron chi connectivity index (χ4n) is 2.51. The molecule has 138 valence electrons. The Kier molecular flexibility index (Phi) is 5.57. The monoisotopic (exact) mass is 382 g/mol. The average Bonchev–Trinajstić information content (AvgIpc) is 2.65. The minimum Gasteiger partial charge on any atom is -0.465 e. The van der Waals surface area contributed by atoms with E-state index in [0.29, 0.717) is 22.4 Å². The number of nitrogens with one attached hydrogen (secondary N) is 2. The standard InChI is InChI=1S/C20H19ClN4O2/c1-12-11-18(23-15-9-7-14(8-10-15)19(26)27-3)25-20(22-12)24-17-6-4-5-16(21)13(17)2/h4-11H,1-3H3,(H2,22,23,24,25). The minimum absolute atomic E-state index is 0.372. The first-order valence-corrected chi connectivity index (χ1v) is 8.67. The van der Waals surface area contributed by atoms with Gasteiger partial charge in [-0.1, -0.05) is 17.7 Å². The van der Waals surface area contributed by atoms with Gasteiger partial charge in [-0.25, -0.2) is 9.78 Å². The van der Waals surface area contributed by atoms with Crippen molar-refractivity contribution in [3.8, 4) is 0 Å². The van der Waals surface area contributed by atoms with E-state index in [9.17, 15) is 4.79 Å². The molecule has 0 bridgehead atoms. The lowest BCUT2D eigenvalue weighted by atomic mass is 10.2. The molecular weight excluding hydrogens is 364 g/mol. The van der Waals surface area contributed by atoms with Crippen LogP contribution in [0.15, 0.2) is 48.5 Å². The van der Waals surface area contributed by atoms with E-state index >= 15 is 0 Å². The Morgan fingerprint density at radius 1 is 1.04 bits per heavy atom. The van der Waals surface area contributed by atoms with E-state index in [0.717, 1.165) is 22.6 Å². The molecular formula is C20H19ClN4O2. The summed E-state index contributed by atoms with van der Waals surface area (Å²) in [7, 11) is 1.36. The van der Waals surface area contributed by atoms with Crippen LogP contribution in [0.2, 0.25) is 5.02 Å². The fourth-order valence-corrected chi connectivity index (χ4v) is 2.68. The van der Waals surface area contributed by atoms with E-state index in [1.807, 2.05) is 38.1 Å². The molecule has 2 N–H and O–H groups in total. The summed E-state index contributed by atoms with van der Waals surface area (Å²) < 4.78 is 4.70. The predicted molar refractivity (Wildman–Crippen MR) is 107 cm³/mol. The number of hydrogen-bond acceptors (Lipinski definition) is 6. The first kappa shape index (κ1) is 18.7. The van der Waals surface area contributed by atoms with Crippen LogP contribution in [0.3, 0.4) is 0 Å². The van der Waals surface area contributed by atoms with Crippen molar-refractivity contribution in [2.45, 2.75) is 13.8 Å². The summed E-state index contributed by atoms with van der Waals surface area (Å²) in [6.45, 7) is 3.83. The highest BCUT2D eigenvalue weighted by atomic mass is 35.5. The molecule has 0 amide bonds. The van der Waals surface area contributed by atoms with Crippen LogP contribution in [0.4, 0.5) is 23.1 Å². The molecule has 0 unspecified atom stereocenters. The number of nitrogens with zero attached hydrogens (tertiary/aromatic N) is 2. The molecule has 27 heavy (non-hydrogen) atoms. The molecule has 1 aromatic heterocycles. The lowest BCUT2D eigenvalue weighted by molar-refractivity contribution is 0.0601. The Bertz CT molecular complexity index is 974. The first-order valence-electron chi connectivity index (χ1n) is 8.29. The largest absolute Gasteiger partial charge is 0.465 e. The van der Waals surface area contributed by atoms with Crippen molar-refractivity contribution in [2.24, 2.45) is 0 Å². The maximum atomic E-state index is 11.5. The maximum absolute atomic E-state index is 11.5. The van der Waals surface area contributed by atoms with Gasteiger partial charge in [0.2, 0.25) is 5.95 Å². The molecule has 0 saturated heterocycles. The smallest absolute Gasteiger partial charge is 0.337 e.